The van der Waals surface area contributed by atoms with E-state index >= 15 is 0 Å². The highest BCUT2D eigenvalue weighted by Crippen LogP contribution is 2.35. The maximum absolute atomic E-state index is 13.6. The molecule has 1 nitrogen and oxygen atoms in total. The minimum absolute atomic E-state index is 0.00213. The Kier molecular flexibility index (Phi) is 3.05. The van der Waals surface area contributed by atoms with Crippen LogP contribution in [0.15, 0.2) is 41.5 Å². The first-order chi connectivity index (χ1) is 9.13. The predicted octanol–water partition coefficient (Wildman–Crippen LogP) is 3.74. The van der Waals surface area contributed by atoms with Crippen LogP contribution in [0.1, 0.15) is 24.8 Å². The summed E-state index contributed by atoms with van der Waals surface area (Å²) in [6.07, 6.45) is 6.18. The number of carbonyl (C=O) groups excluding carboxylic acids is 1. The van der Waals surface area contributed by atoms with Gasteiger partial charge in [-0.2, -0.15) is 0 Å². The average molecular weight is 260 g/mol. The van der Waals surface area contributed by atoms with Crippen molar-refractivity contribution in [3.63, 3.8) is 0 Å². The van der Waals surface area contributed by atoms with E-state index in [1.165, 1.54) is 23.8 Å². The smallest absolute Gasteiger partial charge is 0.137 e. The third-order valence-corrected chi connectivity index (χ3v) is 3.81. The van der Waals surface area contributed by atoms with Gasteiger partial charge >= 0.3 is 0 Å². The lowest BCUT2D eigenvalue weighted by Gasteiger charge is -2.13. The average Bonchev–Trinajstić information content (AvgIpc) is 2.75. The Balaban J connectivity index is 1.83. The van der Waals surface area contributed by atoms with Crippen LogP contribution in [0.25, 0.3) is 0 Å². The van der Waals surface area contributed by atoms with E-state index in [1.54, 1.807) is 0 Å². The zero-order valence-corrected chi connectivity index (χ0v) is 10.5. The van der Waals surface area contributed by atoms with Crippen molar-refractivity contribution in [2.75, 3.05) is 0 Å². The van der Waals surface area contributed by atoms with Crippen LogP contribution in [0.4, 0.5) is 8.78 Å². The number of Topliss-reactive ketones (excluding diaryl/α,β-unsaturated/α-hetero) is 1. The molecule has 0 aromatic heterocycles. The summed E-state index contributed by atoms with van der Waals surface area (Å²) >= 11 is 0. The monoisotopic (exact) mass is 260 g/mol. The van der Waals surface area contributed by atoms with Crippen molar-refractivity contribution in [2.24, 2.45) is 5.92 Å². The number of ketones is 1. The number of carbonyl (C=O) groups is 1. The molecule has 0 bridgehead atoms. The normalized spacial score (nSPS) is 22.0. The van der Waals surface area contributed by atoms with Crippen LogP contribution in [0.5, 0.6) is 0 Å². The highest BCUT2D eigenvalue weighted by atomic mass is 19.1. The van der Waals surface area contributed by atoms with Crippen molar-refractivity contribution in [1.29, 1.82) is 0 Å². The fourth-order valence-corrected chi connectivity index (χ4v) is 2.85. The molecule has 1 unspecified atom stereocenters. The van der Waals surface area contributed by atoms with E-state index < -0.39 is 11.6 Å². The lowest BCUT2D eigenvalue weighted by atomic mass is 9.91. The second-order valence-corrected chi connectivity index (χ2v) is 5.17. The summed E-state index contributed by atoms with van der Waals surface area (Å²) in [5.74, 6) is -0.742. The zero-order valence-electron chi connectivity index (χ0n) is 10.5. The molecule has 0 saturated heterocycles. The minimum Gasteiger partial charge on any atom is -0.299 e. The molecule has 1 saturated carbocycles. The number of allylic oxidation sites excluding steroid dienone is 4. The van der Waals surface area contributed by atoms with Gasteiger partial charge in [-0.05, 0) is 36.1 Å². The Bertz CT molecular complexity index is 579. The molecule has 98 valence electrons. The summed E-state index contributed by atoms with van der Waals surface area (Å²) in [6, 6.07) is 3.94. The standard InChI is InChI=1S/C16H14F2O/c17-15-2-1-3-16(18)14(15)8-10-6-11-4-5-13(19)9-12(11)7-10/h1-3,6-7,10H,4-5,8-9H2. The van der Waals surface area contributed by atoms with Crippen molar-refractivity contribution >= 4 is 5.78 Å². The molecular formula is C16H14F2O. The lowest BCUT2D eigenvalue weighted by Crippen LogP contribution is -2.07. The molecular weight excluding hydrogens is 246 g/mol. The Hall–Kier alpha value is -1.77. The van der Waals surface area contributed by atoms with Crippen molar-refractivity contribution in [3.8, 4) is 0 Å². The molecule has 1 aromatic rings. The summed E-state index contributed by atoms with van der Waals surface area (Å²) in [5, 5.41) is 0. The molecule has 0 amide bonds. The molecule has 2 aliphatic rings. The number of benzene rings is 1. The van der Waals surface area contributed by atoms with Crippen molar-refractivity contribution in [2.45, 2.75) is 25.7 Å². The minimum atomic E-state index is -0.497. The Morgan fingerprint density at radius 3 is 2.47 bits per heavy atom. The van der Waals surface area contributed by atoms with Gasteiger partial charge in [-0.1, -0.05) is 18.2 Å². The predicted molar refractivity (Wildman–Crippen MR) is 68.6 cm³/mol. The van der Waals surface area contributed by atoms with Crippen molar-refractivity contribution < 1.29 is 13.6 Å². The maximum atomic E-state index is 13.6. The molecule has 1 aromatic carbocycles. The Morgan fingerprint density at radius 2 is 1.74 bits per heavy atom. The summed E-state index contributed by atoms with van der Waals surface area (Å²) in [4.78, 5) is 11.4. The third kappa shape index (κ3) is 2.37. The fraction of sp³-hybridized carbons (Fsp3) is 0.312. The van der Waals surface area contributed by atoms with Gasteiger partial charge in [0.15, 0.2) is 0 Å². The van der Waals surface area contributed by atoms with Gasteiger partial charge in [0.25, 0.3) is 0 Å². The first-order valence-electron chi connectivity index (χ1n) is 6.50. The summed E-state index contributed by atoms with van der Waals surface area (Å²) in [6.45, 7) is 0. The van der Waals surface area contributed by atoms with Gasteiger partial charge in [-0.3, -0.25) is 4.79 Å². The van der Waals surface area contributed by atoms with Crippen LogP contribution in [0, 0.1) is 17.6 Å². The van der Waals surface area contributed by atoms with Crippen LogP contribution in [0.3, 0.4) is 0 Å². The number of halogens is 2. The molecule has 0 N–H and O–H groups in total. The molecule has 3 heteroatoms. The molecule has 0 heterocycles. The molecule has 19 heavy (non-hydrogen) atoms. The van der Waals surface area contributed by atoms with E-state index in [2.05, 4.69) is 0 Å². The van der Waals surface area contributed by atoms with Crippen LogP contribution in [-0.2, 0) is 11.2 Å². The van der Waals surface area contributed by atoms with Gasteiger partial charge < -0.3 is 0 Å². The van der Waals surface area contributed by atoms with E-state index in [0.29, 0.717) is 19.3 Å². The summed E-state index contributed by atoms with van der Waals surface area (Å²) in [7, 11) is 0. The van der Waals surface area contributed by atoms with Gasteiger partial charge in [0.05, 0.1) is 0 Å². The summed E-state index contributed by atoms with van der Waals surface area (Å²) < 4.78 is 27.2. The van der Waals surface area contributed by atoms with Gasteiger partial charge in [-0.25, -0.2) is 8.78 Å². The second-order valence-electron chi connectivity index (χ2n) is 5.17. The van der Waals surface area contributed by atoms with Crippen LogP contribution < -0.4 is 0 Å². The molecule has 0 radical (unpaired) electrons. The highest BCUT2D eigenvalue weighted by molar-refractivity contribution is 5.84. The maximum Gasteiger partial charge on any atom is 0.137 e. The Labute approximate surface area is 110 Å². The van der Waals surface area contributed by atoms with E-state index in [0.717, 1.165) is 12.0 Å². The SMILES string of the molecule is O=C1CCC2=CC(Cc3c(F)cccc3F)C=C2C1. The van der Waals surface area contributed by atoms with Gasteiger partial charge in [-0.15, -0.1) is 0 Å². The number of hydrogen-bond acceptors (Lipinski definition) is 1. The largest absolute Gasteiger partial charge is 0.299 e. The quantitative estimate of drug-likeness (QED) is 0.791. The molecule has 2 aliphatic carbocycles. The fourth-order valence-electron chi connectivity index (χ4n) is 2.85. The molecule has 0 aliphatic heterocycles. The molecule has 1 atom stereocenters. The lowest BCUT2D eigenvalue weighted by molar-refractivity contribution is -0.118. The van der Waals surface area contributed by atoms with E-state index in [-0.39, 0.29) is 17.3 Å². The third-order valence-electron chi connectivity index (χ3n) is 3.81. The van der Waals surface area contributed by atoms with Crippen LogP contribution in [-0.4, -0.2) is 5.78 Å². The molecule has 1 fully saturated rings. The topological polar surface area (TPSA) is 17.1 Å². The van der Waals surface area contributed by atoms with E-state index in [9.17, 15) is 13.6 Å². The van der Waals surface area contributed by atoms with Crippen LogP contribution in [0.2, 0.25) is 0 Å². The van der Waals surface area contributed by atoms with Gasteiger partial charge in [0, 0.05) is 24.3 Å². The first-order valence-corrected chi connectivity index (χ1v) is 6.50. The van der Waals surface area contributed by atoms with Crippen molar-refractivity contribution in [1.82, 2.24) is 0 Å². The number of fused-ring (bicyclic) bond motifs is 1. The first kappa shape index (κ1) is 12.3. The van der Waals surface area contributed by atoms with Gasteiger partial charge in [0.1, 0.15) is 17.4 Å². The Morgan fingerprint density at radius 1 is 1.05 bits per heavy atom. The summed E-state index contributed by atoms with van der Waals surface area (Å²) in [5.41, 5.74) is 2.37. The zero-order chi connectivity index (χ0) is 13.4. The molecule has 0 spiro atoms. The van der Waals surface area contributed by atoms with Crippen LogP contribution >= 0.6 is 0 Å². The highest BCUT2D eigenvalue weighted by Gasteiger charge is 2.25. The van der Waals surface area contributed by atoms with Crippen molar-refractivity contribution in [3.05, 3.63) is 58.7 Å². The van der Waals surface area contributed by atoms with E-state index in [4.69, 9.17) is 0 Å². The molecule has 3 rings (SSSR count). The number of hydrogen-bond donors (Lipinski definition) is 0. The van der Waals surface area contributed by atoms with Gasteiger partial charge in [0.2, 0.25) is 0 Å². The van der Waals surface area contributed by atoms with E-state index in [1.807, 2.05) is 12.2 Å². The number of rotatable bonds is 2. The second kappa shape index (κ2) is 4.72.